The molecule has 2 aromatic rings. The highest BCUT2D eigenvalue weighted by atomic mass is 35.5. The van der Waals surface area contributed by atoms with Crippen LogP contribution in [0.5, 0.6) is 0 Å². The number of aromatic nitrogens is 2. The lowest BCUT2D eigenvalue weighted by Crippen LogP contribution is -2.10. The van der Waals surface area contributed by atoms with Crippen molar-refractivity contribution in [3.05, 3.63) is 29.8 Å². The van der Waals surface area contributed by atoms with Crippen molar-refractivity contribution in [2.24, 2.45) is 0 Å². The summed E-state index contributed by atoms with van der Waals surface area (Å²) in [5.74, 6) is 1.31. The quantitative estimate of drug-likeness (QED) is 0.778. The van der Waals surface area contributed by atoms with E-state index in [0.717, 1.165) is 28.5 Å². The average Bonchev–Trinajstić information content (AvgIpc) is 3.02. The van der Waals surface area contributed by atoms with Crippen LogP contribution in [0.2, 0.25) is 0 Å². The van der Waals surface area contributed by atoms with Crippen LogP contribution < -0.4 is 0 Å². The Kier molecular flexibility index (Phi) is 4.22. The predicted molar refractivity (Wildman–Crippen MR) is 84.3 cm³/mol. The van der Waals surface area contributed by atoms with Gasteiger partial charge in [0, 0.05) is 29.7 Å². The van der Waals surface area contributed by atoms with Gasteiger partial charge in [-0.3, -0.25) is 0 Å². The van der Waals surface area contributed by atoms with Gasteiger partial charge < -0.3 is 4.57 Å². The summed E-state index contributed by atoms with van der Waals surface area (Å²) in [5.41, 5.74) is 1.79. The molecule has 20 heavy (non-hydrogen) atoms. The minimum Gasteiger partial charge on any atom is -0.325 e. The first-order chi connectivity index (χ1) is 9.72. The number of thioether (sulfide) groups is 1. The topological polar surface area (TPSA) is 17.8 Å². The molecule has 2 atom stereocenters. The molecule has 0 N–H and O–H groups in total. The minimum absolute atomic E-state index is 0.229. The van der Waals surface area contributed by atoms with Crippen molar-refractivity contribution in [3.8, 4) is 0 Å². The van der Waals surface area contributed by atoms with Crippen LogP contribution in [0.3, 0.4) is 0 Å². The summed E-state index contributed by atoms with van der Waals surface area (Å²) in [6, 6.07) is 5.36. The van der Waals surface area contributed by atoms with Crippen LogP contribution in [0, 0.1) is 5.82 Å². The zero-order valence-electron chi connectivity index (χ0n) is 11.5. The van der Waals surface area contributed by atoms with Crippen molar-refractivity contribution >= 4 is 34.4 Å². The van der Waals surface area contributed by atoms with Gasteiger partial charge >= 0.3 is 0 Å². The number of halogens is 2. The van der Waals surface area contributed by atoms with Crippen LogP contribution in [0.15, 0.2) is 18.2 Å². The number of rotatable bonds is 4. The first-order valence-electron chi connectivity index (χ1n) is 6.98. The maximum absolute atomic E-state index is 13.4. The SMILES string of the molecule is CSC1CCC(n2c(CCCl)nc3cc(F)ccc32)C1. The zero-order valence-corrected chi connectivity index (χ0v) is 13.1. The van der Waals surface area contributed by atoms with Crippen molar-refractivity contribution < 1.29 is 4.39 Å². The number of imidazole rings is 1. The van der Waals surface area contributed by atoms with E-state index in [1.165, 1.54) is 31.4 Å². The fourth-order valence-electron chi connectivity index (χ4n) is 3.16. The number of benzene rings is 1. The van der Waals surface area contributed by atoms with Crippen LogP contribution in [-0.2, 0) is 6.42 Å². The molecule has 0 saturated heterocycles. The molecular weight excluding hydrogens is 295 g/mol. The summed E-state index contributed by atoms with van der Waals surface area (Å²) >= 11 is 7.84. The molecule has 2 nitrogen and oxygen atoms in total. The second-order valence-corrected chi connectivity index (χ2v) is 6.81. The van der Waals surface area contributed by atoms with Crippen molar-refractivity contribution in [3.63, 3.8) is 0 Å². The van der Waals surface area contributed by atoms with E-state index in [-0.39, 0.29) is 5.82 Å². The minimum atomic E-state index is -0.229. The third-order valence-corrected chi connectivity index (χ3v) is 5.38. The molecule has 1 aliphatic rings. The highest BCUT2D eigenvalue weighted by Gasteiger charge is 2.28. The molecule has 1 fully saturated rings. The molecule has 1 heterocycles. The van der Waals surface area contributed by atoms with E-state index < -0.39 is 0 Å². The fourth-order valence-corrected chi connectivity index (χ4v) is 4.11. The highest BCUT2D eigenvalue weighted by molar-refractivity contribution is 7.99. The predicted octanol–water partition coefficient (Wildman–Crippen LogP) is 4.41. The van der Waals surface area contributed by atoms with Gasteiger partial charge in [-0.15, -0.1) is 11.6 Å². The molecule has 1 aromatic heterocycles. The highest BCUT2D eigenvalue weighted by Crippen LogP contribution is 2.38. The van der Waals surface area contributed by atoms with Crippen LogP contribution in [0.4, 0.5) is 4.39 Å². The van der Waals surface area contributed by atoms with E-state index >= 15 is 0 Å². The van der Waals surface area contributed by atoms with Crippen molar-refractivity contribution in [1.82, 2.24) is 9.55 Å². The second kappa shape index (κ2) is 5.94. The number of aryl methyl sites for hydroxylation is 1. The molecule has 0 spiro atoms. The number of hydrogen-bond acceptors (Lipinski definition) is 2. The number of hydrogen-bond donors (Lipinski definition) is 0. The Morgan fingerprint density at radius 3 is 3.00 bits per heavy atom. The molecule has 2 unspecified atom stereocenters. The molecule has 0 aliphatic heterocycles. The smallest absolute Gasteiger partial charge is 0.125 e. The van der Waals surface area contributed by atoms with Crippen LogP contribution in [0.1, 0.15) is 31.1 Å². The van der Waals surface area contributed by atoms with Gasteiger partial charge in [-0.1, -0.05) is 0 Å². The van der Waals surface area contributed by atoms with E-state index in [1.54, 1.807) is 0 Å². The van der Waals surface area contributed by atoms with Gasteiger partial charge in [0.1, 0.15) is 11.6 Å². The van der Waals surface area contributed by atoms with Crippen LogP contribution in [-0.4, -0.2) is 26.9 Å². The summed E-state index contributed by atoms with van der Waals surface area (Å²) in [6.07, 6.45) is 6.49. The monoisotopic (exact) mass is 312 g/mol. The van der Waals surface area contributed by atoms with E-state index in [0.29, 0.717) is 11.9 Å². The van der Waals surface area contributed by atoms with Gasteiger partial charge in [0.05, 0.1) is 11.0 Å². The number of fused-ring (bicyclic) bond motifs is 1. The van der Waals surface area contributed by atoms with Crippen LogP contribution >= 0.6 is 23.4 Å². The Bertz CT molecular complexity index is 613. The number of nitrogens with zero attached hydrogens (tertiary/aromatic N) is 2. The Balaban J connectivity index is 2.05. The Hall–Kier alpha value is -0.740. The molecule has 0 radical (unpaired) electrons. The van der Waals surface area contributed by atoms with Crippen LogP contribution in [0.25, 0.3) is 11.0 Å². The van der Waals surface area contributed by atoms with E-state index in [1.807, 2.05) is 17.8 Å². The van der Waals surface area contributed by atoms with Gasteiger partial charge in [-0.25, -0.2) is 9.37 Å². The van der Waals surface area contributed by atoms with Gasteiger partial charge in [0.15, 0.2) is 0 Å². The van der Waals surface area contributed by atoms with Gasteiger partial charge in [0.2, 0.25) is 0 Å². The second-order valence-electron chi connectivity index (χ2n) is 5.29. The molecule has 108 valence electrons. The third kappa shape index (κ3) is 2.56. The zero-order chi connectivity index (χ0) is 14.1. The lowest BCUT2D eigenvalue weighted by molar-refractivity contribution is 0.514. The number of alkyl halides is 1. The standard InChI is InChI=1S/C15H18ClFN2S/c1-20-12-4-3-11(9-12)19-14-5-2-10(17)8-13(14)18-15(19)6-7-16/h2,5,8,11-12H,3-4,6-7,9H2,1H3. The summed E-state index contributed by atoms with van der Waals surface area (Å²) < 4.78 is 15.7. The largest absolute Gasteiger partial charge is 0.325 e. The molecule has 0 bridgehead atoms. The Morgan fingerprint density at radius 2 is 2.30 bits per heavy atom. The van der Waals surface area contributed by atoms with Crippen molar-refractivity contribution in [1.29, 1.82) is 0 Å². The molecule has 5 heteroatoms. The summed E-state index contributed by atoms with van der Waals surface area (Å²) in [7, 11) is 0. The lowest BCUT2D eigenvalue weighted by Gasteiger charge is -2.16. The maximum atomic E-state index is 13.4. The third-order valence-electron chi connectivity index (χ3n) is 4.10. The average molecular weight is 313 g/mol. The molecule has 1 aromatic carbocycles. The molecular formula is C15H18ClFN2S. The van der Waals surface area contributed by atoms with E-state index in [9.17, 15) is 4.39 Å². The summed E-state index contributed by atoms with van der Waals surface area (Å²) in [6.45, 7) is 0. The molecule has 3 rings (SSSR count). The Morgan fingerprint density at radius 1 is 1.45 bits per heavy atom. The van der Waals surface area contributed by atoms with E-state index in [4.69, 9.17) is 11.6 Å². The van der Waals surface area contributed by atoms with Gasteiger partial charge in [0.25, 0.3) is 0 Å². The molecule has 0 amide bonds. The molecule has 1 saturated carbocycles. The van der Waals surface area contributed by atoms with Crippen molar-refractivity contribution in [2.75, 3.05) is 12.1 Å². The lowest BCUT2D eigenvalue weighted by atomic mass is 10.2. The van der Waals surface area contributed by atoms with E-state index in [2.05, 4.69) is 15.8 Å². The fraction of sp³-hybridized carbons (Fsp3) is 0.533. The molecule has 1 aliphatic carbocycles. The Labute approximate surface area is 127 Å². The van der Waals surface area contributed by atoms with Gasteiger partial charge in [-0.2, -0.15) is 11.8 Å². The first-order valence-corrected chi connectivity index (χ1v) is 8.80. The first kappa shape index (κ1) is 14.2. The summed E-state index contributed by atoms with van der Waals surface area (Å²) in [4.78, 5) is 4.59. The summed E-state index contributed by atoms with van der Waals surface area (Å²) in [5, 5.41) is 0.724. The normalized spacial score (nSPS) is 22.8. The van der Waals surface area contributed by atoms with Crippen molar-refractivity contribution in [2.45, 2.75) is 37.0 Å². The van der Waals surface area contributed by atoms with Gasteiger partial charge in [-0.05, 0) is 37.7 Å². The maximum Gasteiger partial charge on any atom is 0.125 e.